The molecule has 1 fully saturated rings. The van der Waals surface area contributed by atoms with Gasteiger partial charge in [-0.3, -0.25) is 0 Å². The fourth-order valence-corrected chi connectivity index (χ4v) is 1.85. The van der Waals surface area contributed by atoms with E-state index in [1.54, 1.807) is 19.2 Å². The molecule has 1 aromatic carbocycles. The lowest BCUT2D eigenvalue weighted by Gasteiger charge is -2.29. The SMILES string of the molecule is COc1ccc(NC=C2C(=O)OC(C)(C)OC2=O)c(C)c1. The van der Waals surface area contributed by atoms with E-state index in [9.17, 15) is 9.59 Å². The fourth-order valence-electron chi connectivity index (χ4n) is 1.85. The van der Waals surface area contributed by atoms with Crippen LogP contribution < -0.4 is 10.1 Å². The van der Waals surface area contributed by atoms with Crippen molar-refractivity contribution >= 4 is 17.6 Å². The Balaban J connectivity index is 2.18. The minimum Gasteiger partial charge on any atom is -0.497 e. The zero-order valence-electron chi connectivity index (χ0n) is 12.4. The second-order valence-electron chi connectivity index (χ2n) is 5.06. The van der Waals surface area contributed by atoms with Gasteiger partial charge < -0.3 is 19.5 Å². The van der Waals surface area contributed by atoms with Crippen LogP contribution in [0.4, 0.5) is 5.69 Å². The molecule has 0 spiro atoms. The van der Waals surface area contributed by atoms with Crippen molar-refractivity contribution in [3.63, 3.8) is 0 Å². The van der Waals surface area contributed by atoms with Crippen molar-refractivity contribution in [2.75, 3.05) is 12.4 Å². The third-order valence-corrected chi connectivity index (χ3v) is 2.92. The van der Waals surface area contributed by atoms with Crippen LogP contribution in [0.3, 0.4) is 0 Å². The standard InChI is InChI=1S/C15H17NO5/c1-9-7-10(19-4)5-6-12(9)16-8-11-13(17)20-15(2,3)21-14(11)18/h5-8,16H,1-4H3. The molecule has 1 saturated heterocycles. The summed E-state index contributed by atoms with van der Waals surface area (Å²) in [6.07, 6.45) is 1.29. The molecular weight excluding hydrogens is 274 g/mol. The lowest BCUT2D eigenvalue weighted by atomic mass is 10.2. The zero-order valence-corrected chi connectivity index (χ0v) is 12.4. The maximum atomic E-state index is 11.8. The third kappa shape index (κ3) is 3.34. The normalized spacial score (nSPS) is 16.9. The molecule has 0 amide bonds. The number of anilines is 1. The Morgan fingerprint density at radius 2 is 1.81 bits per heavy atom. The number of nitrogens with one attached hydrogen (secondary N) is 1. The van der Waals surface area contributed by atoms with Gasteiger partial charge >= 0.3 is 11.9 Å². The average Bonchev–Trinajstić information content (AvgIpc) is 2.37. The van der Waals surface area contributed by atoms with E-state index < -0.39 is 17.7 Å². The molecule has 6 nitrogen and oxygen atoms in total. The van der Waals surface area contributed by atoms with Crippen molar-refractivity contribution in [1.82, 2.24) is 0 Å². The van der Waals surface area contributed by atoms with Gasteiger partial charge in [-0.05, 0) is 30.7 Å². The van der Waals surface area contributed by atoms with E-state index >= 15 is 0 Å². The molecule has 0 aliphatic carbocycles. The Hall–Kier alpha value is -2.50. The molecule has 112 valence electrons. The zero-order chi connectivity index (χ0) is 15.6. The Morgan fingerprint density at radius 3 is 2.33 bits per heavy atom. The van der Waals surface area contributed by atoms with E-state index in [0.717, 1.165) is 17.0 Å². The van der Waals surface area contributed by atoms with Gasteiger partial charge in [-0.15, -0.1) is 0 Å². The second kappa shape index (κ2) is 5.47. The fraction of sp³-hybridized carbons (Fsp3) is 0.333. The van der Waals surface area contributed by atoms with E-state index in [0.29, 0.717) is 0 Å². The molecule has 1 aliphatic heterocycles. The van der Waals surface area contributed by atoms with Gasteiger partial charge in [0.25, 0.3) is 5.79 Å². The predicted octanol–water partition coefficient (Wildman–Crippen LogP) is 2.14. The highest BCUT2D eigenvalue weighted by molar-refractivity contribution is 6.15. The van der Waals surface area contributed by atoms with Crippen molar-refractivity contribution in [3.05, 3.63) is 35.5 Å². The summed E-state index contributed by atoms with van der Waals surface area (Å²) in [6, 6.07) is 5.39. The Bertz CT molecular complexity index is 596. The lowest BCUT2D eigenvalue weighted by Crippen LogP contribution is -2.42. The molecule has 6 heteroatoms. The first-order chi connectivity index (χ1) is 9.82. The van der Waals surface area contributed by atoms with Crippen LogP contribution in [-0.4, -0.2) is 24.8 Å². The maximum absolute atomic E-state index is 11.8. The van der Waals surface area contributed by atoms with E-state index in [-0.39, 0.29) is 5.57 Å². The van der Waals surface area contributed by atoms with Gasteiger partial charge in [-0.1, -0.05) is 0 Å². The highest BCUT2D eigenvalue weighted by Gasteiger charge is 2.38. The number of benzene rings is 1. The number of carbonyl (C=O) groups excluding carboxylic acids is 2. The van der Waals surface area contributed by atoms with Gasteiger partial charge in [-0.25, -0.2) is 9.59 Å². The van der Waals surface area contributed by atoms with Crippen LogP contribution in [-0.2, 0) is 19.1 Å². The van der Waals surface area contributed by atoms with Gasteiger partial charge in [0, 0.05) is 25.7 Å². The first-order valence-corrected chi connectivity index (χ1v) is 6.40. The van der Waals surface area contributed by atoms with E-state index in [1.807, 2.05) is 13.0 Å². The molecule has 1 aliphatic rings. The van der Waals surface area contributed by atoms with E-state index in [4.69, 9.17) is 14.2 Å². The summed E-state index contributed by atoms with van der Waals surface area (Å²) < 4.78 is 15.1. The van der Waals surface area contributed by atoms with Crippen LogP contribution >= 0.6 is 0 Å². The molecule has 0 bridgehead atoms. The van der Waals surface area contributed by atoms with Crippen LogP contribution in [0.2, 0.25) is 0 Å². The third-order valence-electron chi connectivity index (χ3n) is 2.92. The van der Waals surface area contributed by atoms with Crippen LogP contribution in [0.1, 0.15) is 19.4 Å². The minimum atomic E-state index is -1.23. The van der Waals surface area contributed by atoms with E-state index in [2.05, 4.69) is 5.32 Å². The molecular formula is C15H17NO5. The number of methoxy groups -OCH3 is 1. The van der Waals surface area contributed by atoms with Crippen molar-refractivity contribution in [1.29, 1.82) is 0 Å². The largest absolute Gasteiger partial charge is 0.497 e. The quantitative estimate of drug-likeness (QED) is 0.522. The molecule has 2 rings (SSSR count). The van der Waals surface area contributed by atoms with Crippen molar-refractivity contribution in [2.24, 2.45) is 0 Å². The molecule has 1 N–H and O–H groups in total. The first kappa shape index (κ1) is 14.9. The van der Waals surface area contributed by atoms with Crippen molar-refractivity contribution in [2.45, 2.75) is 26.6 Å². The van der Waals surface area contributed by atoms with Gasteiger partial charge in [0.1, 0.15) is 5.75 Å². The monoisotopic (exact) mass is 291 g/mol. The van der Waals surface area contributed by atoms with Gasteiger partial charge in [0.05, 0.1) is 7.11 Å². The molecule has 0 atom stereocenters. The Morgan fingerprint density at radius 1 is 1.19 bits per heavy atom. The number of rotatable bonds is 3. The smallest absolute Gasteiger partial charge is 0.350 e. The summed E-state index contributed by atoms with van der Waals surface area (Å²) in [5.74, 6) is -1.93. The summed E-state index contributed by atoms with van der Waals surface area (Å²) in [5, 5.41) is 2.90. The summed E-state index contributed by atoms with van der Waals surface area (Å²) in [6.45, 7) is 4.88. The number of hydrogen-bond donors (Lipinski definition) is 1. The number of aryl methyl sites for hydroxylation is 1. The highest BCUT2D eigenvalue weighted by Crippen LogP contribution is 2.24. The number of esters is 2. The highest BCUT2D eigenvalue weighted by atomic mass is 16.7. The predicted molar refractivity (Wildman–Crippen MR) is 75.7 cm³/mol. The first-order valence-electron chi connectivity index (χ1n) is 6.40. The molecule has 0 aromatic heterocycles. The topological polar surface area (TPSA) is 73.9 Å². The average molecular weight is 291 g/mol. The molecule has 1 heterocycles. The maximum Gasteiger partial charge on any atom is 0.350 e. The lowest BCUT2D eigenvalue weighted by molar-refractivity contribution is -0.222. The molecule has 21 heavy (non-hydrogen) atoms. The van der Waals surface area contributed by atoms with Crippen LogP contribution in [0.15, 0.2) is 30.0 Å². The minimum absolute atomic E-state index is 0.176. The summed E-state index contributed by atoms with van der Waals surface area (Å²) in [5.41, 5.74) is 1.47. The molecule has 0 unspecified atom stereocenters. The van der Waals surface area contributed by atoms with Crippen molar-refractivity contribution < 1.29 is 23.8 Å². The molecule has 1 aromatic rings. The Kier molecular flexibility index (Phi) is 3.88. The molecule has 0 saturated carbocycles. The second-order valence-corrected chi connectivity index (χ2v) is 5.06. The number of ether oxygens (including phenoxy) is 3. The van der Waals surface area contributed by atoms with Gasteiger partial charge in [0.2, 0.25) is 0 Å². The number of hydrogen-bond acceptors (Lipinski definition) is 6. The van der Waals surface area contributed by atoms with Gasteiger partial charge in [0.15, 0.2) is 5.57 Å². The Labute approximate surface area is 122 Å². The summed E-state index contributed by atoms with van der Waals surface area (Å²) >= 11 is 0. The van der Waals surface area contributed by atoms with Crippen LogP contribution in [0, 0.1) is 6.92 Å². The van der Waals surface area contributed by atoms with Crippen molar-refractivity contribution in [3.8, 4) is 5.75 Å². The van der Waals surface area contributed by atoms with E-state index in [1.165, 1.54) is 20.0 Å². The molecule has 0 radical (unpaired) electrons. The summed E-state index contributed by atoms with van der Waals surface area (Å²) in [7, 11) is 1.58. The number of cyclic esters (lactones) is 2. The summed E-state index contributed by atoms with van der Waals surface area (Å²) in [4.78, 5) is 23.6. The van der Waals surface area contributed by atoms with Crippen LogP contribution in [0.5, 0.6) is 5.75 Å². The number of carbonyl (C=O) groups is 2. The van der Waals surface area contributed by atoms with Crippen LogP contribution in [0.25, 0.3) is 0 Å². The van der Waals surface area contributed by atoms with Gasteiger partial charge in [-0.2, -0.15) is 0 Å².